The number of carbonyl (C=O) groups is 2. The number of hydrogen-bond acceptors (Lipinski definition) is 6. The maximum absolute atomic E-state index is 14.1. The predicted octanol–water partition coefficient (Wildman–Crippen LogP) is 6.64. The molecule has 43 heavy (non-hydrogen) atoms. The smallest absolute Gasteiger partial charge is 0.264 e. The quantitative estimate of drug-likeness (QED) is 0.144. The lowest BCUT2D eigenvalue weighted by atomic mass is 10.1. The van der Waals surface area contributed by atoms with E-state index in [-0.39, 0.29) is 23.0 Å². The Bertz CT molecular complexity index is 1470. The van der Waals surface area contributed by atoms with Crippen LogP contribution in [0, 0.1) is 0 Å². The van der Waals surface area contributed by atoms with Crippen molar-refractivity contribution in [1.29, 1.82) is 0 Å². The van der Waals surface area contributed by atoms with E-state index >= 15 is 0 Å². The van der Waals surface area contributed by atoms with Crippen molar-refractivity contribution in [2.24, 2.45) is 0 Å². The average molecular weight is 667 g/mol. The molecule has 3 aromatic rings. The zero-order valence-corrected chi connectivity index (χ0v) is 27.8. The molecule has 0 fully saturated rings. The monoisotopic (exact) mass is 665 g/mol. The molecule has 232 valence electrons. The number of benzene rings is 3. The van der Waals surface area contributed by atoms with E-state index in [2.05, 4.69) is 5.32 Å². The minimum Gasteiger partial charge on any atom is -0.494 e. The molecular weight excluding hydrogens is 629 g/mol. The molecule has 8 nitrogen and oxygen atoms in total. The Hall–Kier alpha value is -2.92. The fourth-order valence-electron chi connectivity index (χ4n) is 4.25. The number of thioether (sulfide) groups is 1. The van der Waals surface area contributed by atoms with Gasteiger partial charge in [0.25, 0.3) is 10.0 Å². The van der Waals surface area contributed by atoms with E-state index < -0.39 is 28.5 Å². The molecule has 1 unspecified atom stereocenters. The summed E-state index contributed by atoms with van der Waals surface area (Å²) in [7, 11) is -4.20. The van der Waals surface area contributed by atoms with Crippen molar-refractivity contribution in [3.05, 3.63) is 82.3 Å². The summed E-state index contributed by atoms with van der Waals surface area (Å²) in [6, 6.07) is 16.9. The number of anilines is 1. The normalized spacial score (nSPS) is 12.0. The molecule has 0 bridgehead atoms. The lowest BCUT2D eigenvalue weighted by molar-refractivity contribution is -0.139. The number of hydrogen-bond donors (Lipinski definition) is 1. The third-order valence-electron chi connectivity index (χ3n) is 6.75. The zero-order valence-electron chi connectivity index (χ0n) is 24.7. The Morgan fingerprint density at radius 2 is 1.60 bits per heavy atom. The van der Waals surface area contributed by atoms with E-state index in [9.17, 15) is 18.0 Å². The number of nitrogens with one attached hydrogen (secondary N) is 1. The molecule has 1 atom stereocenters. The van der Waals surface area contributed by atoms with Crippen LogP contribution < -0.4 is 14.4 Å². The molecule has 3 rings (SSSR count). The number of sulfonamides is 1. The lowest BCUT2D eigenvalue weighted by Gasteiger charge is -2.32. The van der Waals surface area contributed by atoms with Crippen LogP contribution in [-0.4, -0.2) is 57.1 Å². The van der Waals surface area contributed by atoms with Crippen LogP contribution in [0.4, 0.5) is 5.69 Å². The molecular formula is C31H37Cl2N3O5S2. The molecule has 1 N–H and O–H groups in total. The summed E-state index contributed by atoms with van der Waals surface area (Å²) < 4.78 is 34.7. The minimum absolute atomic E-state index is 0.0260. The van der Waals surface area contributed by atoms with Gasteiger partial charge < -0.3 is 15.0 Å². The van der Waals surface area contributed by atoms with Crippen LogP contribution in [0.5, 0.6) is 5.75 Å². The van der Waals surface area contributed by atoms with Crippen LogP contribution >= 0.6 is 35.0 Å². The van der Waals surface area contributed by atoms with E-state index in [1.165, 1.54) is 28.8 Å². The summed E-state index contributed by atoms with van der Waals surface area (Å²) >= 11 is 14.4. The molecule has 0 saturated heterocycles. The number of rotatable bonds is 15. The molecule has 0 heterocycles. The first-order valence-electron chi connectivity index (χ1n) is 13.9. The second-order valence-electron chi connectivity index (χ2n) is 9.66. The number of ether oxygens (including phenoxy) is 1. The van der Waals surface area contributed by atoms with Gasteiger partial charge in [0.15, 0.2) is 0 Å². The van der Waals surface area contributed by atoms with Crippen molar-refractivity contribution in [2.75, 3.05) is 30.3 Å². The molecule has 0 aromatic heterocycles. The van der Waals surface area contributed by atoms with Gasteiger partial charge in [0.05, 0.1) is 17.2 Å². The van der Waals surface area contributed by atoms with Gasteiger partial charge in [-0.05, 0) is 87.2 Å². The molecule has 12 heteroatoms. The van der Waals surface area contributed by atoms with Gasteiger partial charge >= 0.3 is 0 Å². The molecule has 0 aliphatic rings. The van der Waals surface area contributed by atoms with Crippen molar-refractivity contribution in [2.45, 2.75) is 56.0 Å². The summed E-state index contributed by atoms with van der Waals surface area (Å²) in [5.74, 6) is -0.410. The Morgan fingerprint density at radius 1 is 0.977 bits per heavy atom. The van der Waals surface area contributed by atoms with Gasteiger partial charge in [-0.15, -0.1) is 11.8 Å². The van der Waals surface area contributed by atoms with Crippen LogP contribution in [-0.2, 0) is 26.2 Å². The fourth-order valence-corrected chi connectivity index (χ4v) is 6.59. The van der Waals surface area contributed by atoms with Crippen LogP contribution in [0.15, 0.2) is 76.5 Å². The Labute approximate surface area is 268 Å². The number of nitrogens with zero attached hydrogens (tertiary/aromatic N) is 2. The maximum atomic E-state index is 14.1. The van der Waals surface area contributed by atoms with Crippen molar-refractivity contribution in [1.82, 2.24) is 10.2 Å². The van der Waals surface area contributed by atoms with E-state index in [1.807, 2.05) is 20.1 Å². The van der Waals surface area contributed by atoms with Crippen molar-refractivity contribution in [3.8, 4) is 5.75 Å². The van der Waals surface area contributed by atoms with Gasteiger partial charge in [0.2, 0.25) is 11.8 Å². The second-order valence-corrected chi connectivity index (χ2v) is 13.2. The first-order valence-corrected chi connectivity index (χ1v) is 17.3. The van der Waals surface area contributed by atoms with Crippen LogP contribution in [0.1, 0.15) is 39.2 Å². The van der Waals surface area contributed by atoms with E-state index in [4.69, 9.17) is 27.9 Å². The third-order valence-corrected chi connectivity index (χ3v) is 9.99. The standard InChI is InChI=1S/C31H37Cl2N3O5S2/c1-5-7-19-34-31(38)22(3)35(20-27-28(32)9-8-10-29(27)33)30(37)21-36(23-11-13-24(14-12-23)41-6-2)43(39,40)26-17-15-25(42-4)16-18-26/h8-18,22H,5-7,19-21H2,1-4H3,(H,34,38). The highest BCUT2D eigenvalue weighted by Crippen LogP contribution is 2.29. The molecule has 0 radical (unpaired) electrons. The largest absolute Gasteiger partial charge is 0.494 e. The maximum Gasteiger partial charge on any atom is 0.264 e. The highest BCUT2D eigenvalue weighted by atomic mass is 35.5. The topological polar surface area (TPSA) is 96.0 Å². The van der Waals surface area contributed by atoms with Gasteiger partial charge in [-0.25, -0.2) is 8.42 Å². The SMILES string of the molecule is CCCCNC(=O)C(C)N(Cc1c(Cl)cccc1Cl)C(=O)CN(c1ccc(OCC)cc1)S(=O)(=O)c1ccc(SC)cc1. The summed E-state index contributed by atoms with van der Waals surface area (Å²) in [5, 5.41) is 3.51. The lowest BCUT2D eigenvalue weighted by Crippen LogP contribution is -2.51. The van der Waals surface area contributed by atoms with Crippen molar-refractivity contribution in [3.63, 3.8) is 0 Å². The molecule has 0 spiro atoms. The fraction of sp³-hybridized carbons (Fsp3) is 0.355. The highest BCUT2D eigenvalue weighted by molar-refractivity contribution is 7.98. The first kappa shape index (κ1) is 34.6. The van der Waals surface area contributed by atoms with Crippen molar-refractivity contribution < 1.29 is 22.7 Å². The number of carbonyl (C=O) groups excluding carboxylic acids is 2. The van der Waals surface area contributed by atoms with Crippen LogP contribution in [0.2, 0.25) is 10.0 Å². The van der Waals surface area contributed by atoms with Gasteiger partial charge in [-0.1, -0.05) is 42.6 Å². The molecule has 3 aromatic carbocycles. The van der Waals surface area contributed by atoms with Gasteiger partial charge in [0.1, 0.15) is 18.3 Å². The van der Waals surface area contributed by atoms with E-state index in [1.54, 1.807) is 61.5 Å². The van der Waals surface area contributed by atoms with Crippen LogP contribution in [0.3, 0.4) is 0 Å². The second kappa shape index (κ2) is 16.2. The highest BCUT2D eigenvalue weighted by Gasteiger charge is 2.33. The van der Waals surface area contributed by atoms with E-state index in [0.717, 1.165) is 22.0 Å². The first-order chi connectivity index (χ1) is 20.5. The van der Waals surface area contributed by atoms with Gasteiger partial charge in [0, 0.05) is 33.6 Å². The summed E-state index contributed by atoms with van der Waals surface area (Å²) in [5.41, 5.74) is 0.719. The molecule has 0 saturated carbocycles. The van der Waals surface area contributed by atoms with Crippen molar-refractivity contribution >= 4 is 62.5 Å². The number of halogens is 2. The average Bonchev–Trinajstić information content (AvgIpc) is 3.00. The Kier molecular flexibility index (Phi) is 13.1. The Balaban J connectivity index is 2.05. The Morgan fingerprint density at radius 3 is 2.16 bits per heavy atom. The molecule has 0 aliphatic carbocycles. The number of unbranched alkanes of at least 4 members (excludes halogenated alkanes) is 1. The zero-order chi connectivity index (χ0) is 31.6. The third kappa shape index (κ3) is 9.04. The molecule has 2 amide bonds. The summed E-state index contributed by atoms with van der Waals surface area (Å²) in [4.78, 5) is 29.5. The van der Waals surface area contributed by atoms with Gasteiger partial charge in [-0.3, -0.25) is 13.9 Å². The minimum atomic E-state index is -4.20. The van der Waals surface area contributed by atoms with Crippen LogP contribution in [0.25, 0.3) is 0 Å². The molecule has 0 aliphatic heterocycles. The number of amides is 2. The van der Waals surface area contributed by atoms with Gasteiger partial charge in [-0.2, -0.15) is 0 Å². The summed E-state index contributed by atoms with van der Waals surface area (Å²) in [6.45, 7) is 5.68. The van der Waals surface area contributed by atoms with E-state index in [0.29, 0.717) is 34.5 Å². The summed E-state index contributed by atoms with van der Waals surface area (Å²) in [6.07, 6.45) is 3.56. The predicted molar refractivity (Wildman–Crippen MR) is 175 cm³/mol.